The third kappa shape index (κ3) is 3.86. The Hall–Kier alpha value is -2.50. The van der Waals surface area contributed by atoms with Gasteiger partial charge in [-0.15, -0.1) is 11.3 Å². The monoisotopic (exact) mass is 453 g/mol. The third-order valence-electron chi connectivity index (χ3n) is 3.43. The average molecular weight is 454 g/mol. The van der Waals surface area contributed by atoms with Gasteiger partial charge in [0.2, 0.25) is 5.88 Å². The van der Waals surface area contributed by atoms with Crippen LogP contribution in [0.3, 0.4) is 0 Å². The molecule has 13 heteroatoms. The van der Waals surface area contributed by atoms with Crippen molar-refractivity contribution in [1.82, 2.24) is 9.78 Å². The van der Waals surface area contributed by atoms with Crippen LogP contribution < -0.4 is 9.47 Å². The number of aromatic nitrogens is 2. The number of benzene rings is 1. The second-order valence-electron chi connectivity index (χ2n) is 5.18. The number of rotatable bonds is 6. The first kappa shape index (κ1) is 20.2. The van der Waals surface area contributed by atoms with E-state index < -0.39 is 23.2 Å². The zero-order valence-electron chi connectivity index (χ0n) is 13.7. The van der Waals surface area contributed by atoms with Crippen LogP contribution >= 0.6 is 34.5 Å². The molecule has 1 aromatic carbocycles. The summed E-state index contributed by atoms with van der Waals surface area (Å²) in [5.41, 5.74) is -0.710. The van der Waals surface area contributed by atoms with Gasteiger partial charge in [-0.2, -0.15) is 13.9 Å². The Morgan fingerprint density at radius 2 is 2.07 bits per heavy atom. The van der Waals surface area contributed by atoms with Gasteiger partial charge in [0.15, 0.2) is 0 Å². The molecule has 28 heavy (non-hydrogen) atoms. The van der Waals surface area contributed by atoms with E-state index in [-0.39, 0.29) is 37.8 Å². The molecule has 0 fully saturated rings. The van der Waals surface area contributed by atoms with E-state index in [1.807, 2.05) is 0 Å². The van der Waals surface area contributed by atoms with Crippen LogP contribution in [-0.2, 0) is 7.05 Å². The summed E-state index contributed by atoms with van der Waals surface area (Å²) in [6, 6.07) is 3.24. The van der Waals surface area contributed by atoms with E-state index in [1.165, 1.54) is 18.5 Å². The summed E-state index contributed by atoms with van der Waals surface area (Å²) in [4.78, 5) is 10.4. The summed E-state index contributed by atoms with van der Waals surface area (Å²) >= 11 is 12.9. The Bertz CT molecular complexity index is 1060. The van der Waals surface area contributed by atoms with Crippen molar-refractivity contribution in [1.29, 1.82) is 0 Å². The van der Waals surface area contributed by atoms with E-state index in [9.17, 15) is 23.3 Å². The SMILES string of the molecule is Cn1nc(-c2cc(Oc3sccc3[N+](=O)[O-])c(Cl)cc2F)c(Cl)c1OC(F)F. The van der Waals surface area contributed by atoms with Gasteiger partial charge in [-0.3, -0.25) is 10.1 Å². The van der Waals surface area contributed by atoms with Gasteiger partial charge in [-0.1, -0.05) is 23.2 Å². The number of nitrogens with zero attached hydrogens (tertiary/aromatic N) is 3. The Labute approximate surface area is 169 Å². The minimum absolute atomic E-state index is 0.0710. The maximum absolute atomic E-state index is 14.4. The fraction of sp³-hybridized carbons (Fsp3) is 0.133. The zero-order chi connectivity index (χ0) is 20.6. The number of hydrogen-bond acceptors (Lipinski definition) is 6. The summed E-state index contributed by atoms with van der Waals surface area (Å²) in [6.07, 6.45) is 0. The number of thiophene rings is 1. The minimum atomic E-state index is -3.16. The fourth-order valence-electron chi connectivity index (χ4n) is 2.26. The van der Waals surface area contributed by atoms with E-state index >= 15 is 0 Å². The number of nitro groups is 1. The normalized spacial score (nSPS) is 11.1. The second-order valence-corrected chi connectivity index (χ2v) is 6.85. The van der Waals surface area contributed by atoms with Gasteiger partial charge in [0, 0.05) is 24.1 Å². The van der Waals surface area contributed by atoms with Crippen LogP contribution in [0.15, 0.2) is 23.6 Å². The Balaban J connectivity index is 2.06. The predicted molar refractivity (Wildman–Crippen MR) is 96.3 cm³/mol. The van der Waals surface area contributed by atoms with E-state index in [0.29, 0.717) is 0 Å². The first-order valence-electron chi connectivity index (χ1n) is 7.25. The van der Waals surface area contributed by atoms with Crippen molar-refractivity contribution in [2.24, 2.45) is 7.05 Å². The maximum Gasteiger partial charge on any atom is 0.388 e. The molecule has 0 spiro atoms. The third-order valence-corrected chi connectivity index (χ3v) is 4.84. The van der Waals surface area contributed by atoms with E-state index in [4.69, 9.17) is 27.9 Å². The summed E-state index contributed by atoms with van der Waals surface area (Å²) < 4.78 is 50.1. The van der Waals surface area contributed by atoms with Crippen LogP contribution in [0.1, 0.15) is 0 Å². The molecule has 2 aromatic heterocycles. The molecular formula is C15H8Cl2F3N3O4S. The standard InChI is InChI=1S/C15H8Cl2F3N3O4S/c1-22-13(27-15(19)20)11(17)12(21-22)6-4-10(7(16)5-8(6)18)26-14-9(23(24)25)2-3-28-14/h2-5,15H,1H3. The molecule has 0 amide bonds. The van der Waals surface area contributed by atoms with Gasteiger partial charge in [0.25, 0.3) is 5.06 Å². The molecule has 0 radical (unpaired) electrons. The molecule has 0 aliphatic carbocycles. The molecule has 0 atom stereocenters. The van der Waals surface area contributed by atoms with Gasteiger partial charge >= 0.3 is 12.3 Å². The molecule has 3 aromatic rings. The molecule has 0 saturated heterocycles. The topological polar surface area (TPSA) is 79.4 Å². The van der Waals surface area contributed by atoms with E-state index in [2.05, 4.69) is 9.84 Å². The van der Waals surface area contributed by atoms with Gasteiger partial charge in [-0.05, 0) is 12.1 Å². The predicted octanol–water partition coefficient (Wildman–Crippen LogP) is 5.90. The average Bonchev–Trinajstić information content (AvgIpc) is 3.17. The molecule has 0 unspecified atom stereocenters. The summed E-state index contributed by atoms with van der Waals surface area (Å²) in [5, 5.41) is 15.7. The van der Waals surface area contributed by atoms with Crippen molar-refractivity contribution >= 4 is 40.2 Å². The van der Waals surface area contributed by atoms with Gasteiger partial charge < -0.3 is 9.47 Å². The van der Waals surface area contributed by atoms with Crippen LogP contribution in [0.25, 0.3) is 11.3 Å². The Morgan fingerprint density at radius 3 is 2.71 bits per heavy atom. The molecule has 3 rings (SSSR count). The molecule has 0 aliphatic rings. The highest BCUT2D eigenvalue weighted by atomic mass is 35.5. The summed E-state index contributed by atoms with van der Waals surface area (Å²) in [6.45, 7) is -3.16. The van der Waals surface area contributed by atoms with E-state index in [0.717, 1.165) is 28.2 Å². The summed E-state index contributed by atoms with van der Waals surface area (Å²) in [5.74, 6) is -1.43. The van der Waals surface area contributed by atoms with Crippen molar-refractivity contribution in [2.75, 3.05) is 0 Å². The van der Waals surface area contributed by atoms with Gasteiger partial charge in [0.1, 0.15) is 22.3 Å². The summed E-state index contributed by atoms with van der Waals surface area (Å²) in [7, 11) is 1.29. The van der Waals surface area contributed by atoms with E-state index in [1.54, 1.807) is 0 Å². The first-order valence-corrected chi connectivity index (χ1v) is 8.89. The molecule has 7 nitrogen and oxygen atoms in total. The number of ether oxygens (including phenoxy) is 2. The lowest BCUT2D eigenvalue weighted by atomic mass is 10.1. The Morgan fingerprint density at radius 1 is 1.36 bits per heavy atom. The zero-order valence-corrected chi connectivity index (χ0v) is 16.0. The fourth-order valence-corrected chi connectivity index (χ4v) is 3.47. The number of halogens is 5. The smallest absolute Gasteiger partial charge is 0.388 e. The van der Waals surface area contributed by atoms with Crippen molar-refractivity contribution < 1.29 is 27.6 Å². The highest BCUT2D eigenvalue weighted by Gasteiger charge is 2.25. The van der Waals surface area contributed by atoms with Crippen LogP contribution in [0.4, 0.5) is 18.9 Å². The highest BCUT2D eigenvalue weighted by molar-refractivity contribution is 7.12. The molecule has 0 saturated carbocycles. The lowest BCUT2D eigenvalue weighted by Crippen LogP contribution is -2.06. The van der Waals surface area contributed by atoms with Crippen molar-refractivity contribution in [3.63, 3.8) is 0 Å². The quantitative estimate of drug-likeness (QED) is 0.343. The molecule has 0 aliphatic heterocycles. The van der Waals surface area contributed by atoms with Crippen molar-refractivity contribution in [3.05, 3.63) is 49.6 Å². The minimum Gasteiger partial charge on any atom is -0.438 e. The van der Waals surface area contributed by atoms with Crippen LogP contribution in [-0.4, -0.2) is 21.3 Å². The molecule has 148 valence electrons. The number of alkyl halides is 2. The van der Waals surface area contributed by atoms with Crippen LogP contribution in [0.2, 0.25) is 10.0 Å². The number of hydrogen-bond donors (Lipinski definition) is 0. The van der Waals surface area contributed by atoms with Crippen LogP contribution in [0.5, 0.6) is 16.7 Å². The lowest BCUT2D eigenvalue weighted by Gasteiger charge is -2.08. The Kier molecular flexibility index (Phi) is 5.68. The largest absolute Gasteiger partial charge is 0.438 e. The van der Waals surface area contributed by atoms with Gasteiger partial charge in [0.05, 0.1) is 9.95 Å². The van der Waals surface area contributed by atoms with Crippen molar-refractivity contribution in [3.8, 4) is 28.0 Å². The van der Waals surface area contributed by atoms with Crippen LogP contribution in [0, 0.1) is 15.9 Å². The lowest BCUT2D eigenvalue weighted by molar-refractivity contribution is -0.385. The highest BCUT2D eigenvalue weighted by Crippen LogP contribution is 2.43. The second kappa shape index (κ2) is 7.86. The first-order chi connectivity index (χ1) is 13.2. The molecule has 0 N–H and O–H groups in total. The molecule has 2 heterocycles. The maximum atomic E-state index is 14.4. The van der Waals surface area contributed by atoms with Crippen molar-refractivity contribution in [2.45, 2.75) is 6.61 Å². The number of aryl methyl sites for hydroxylation is 1. The van der Waals surface area contributed by atoms with Gasteiger partial charge in [-0.25, -0.2) is 9.07 Å². The molecular weight excluding hydrogens is 446 g/mol. The molecule has 0 bridgehead atoms.